The third-order valence-corrected chi connectivity index (χ3v) is 2.26. The van der Waals surface area contributed by atoms with Crippen molar-refractivity contribution in [2.24, 2.45) is 0 Å². The summed E-state index contributed by atoms with van der Waals surface area (Å²) in [7, 11) is 0. The van der Waals surface area contributed by atoms with Gasteiger partial charge in [-0.2, -0.15) is 0 Å². The highest BCUT2D eigenvalue weighted by atomic mass is 16.5. The second kappa shape index (κ2) is 8.07. The van der Waals surface area contributed by atoms with Gasteiger partial charge >= 0.3 is 0 Å². The number of nitrogens with one attached hydrogen (secondary N) is 1. The number of rotatable bonds is 8. The average Bonchev–Trinajstić information content (AvgIpc) is 2.35. The minimum atomic E-state index is -0.138. The van der Waals surface area contributed by atoms with Crippen LogP contribution >= 0.6 is 0 Å². The zero-order valence-corrected chi connectivity index (χ0v) is 12.4. The van der Waals surface area contributed by atoms with Crippen LogP contribution in [0.5, 0.6) is 5.88 Å². The fraction of sp³-hybridized carbons (Fsp3) is 0.714. The zero-order valence-electron chi connectivity index (χ0n) is 12.4. The third kappa shape index (κ3) is 7.74. The molecule has 0 aliphatic carbocycles. The molecule has 0 atom stereocenters. The van der Waals surface area contributed by atoms with E-state index in [0.717, 1.165) is 25.2 Å². The monoisotopic (exact) mass is 267 g/mol. The number of ether oxygens (including phenoxy) is 2. The van der Waals surface area contributed by atoms with Crippen LogP contribution < -0.4 is 10.1 Å². The first kappa shape index (κ1) is 15.9. The van der Waals surface area contributed by atoms with Crippen LogP contribution in [0.15, 0.2) is 12.4 Å². The van der Waals surface area contributed by atoms with Gasteiger partial charge in [-0.05, 0) is 33.7 Å². The number of nitrogens with zero attached hydrogens (tertiary/aromatic N) is 2. The molecule has 1 N–H and O–H groups in total. The second-order valence-corrected chi connectivity index (χ2v) is 5.33. The van der Waals surface area contributed by atoms with Gasteiger partial charge < -0.3 is 14.8 Å². The maximum absolute atomic E-state index is 5.58. The van der Waals surface area contributed by atoms with Gasteiger partial charge in [-0.1, -0.05) is 6.92 Å². The van der Waals surface area contributed by atoms with Gasteiger partial charge in [0.1, 0.15) is 6.61 Å². The van der Waals surface area contributed by atoms with Crippen LogP contribution in [-0.4, -0.2) is 35.3 Å². The summed E-state index contributed by atoms with van der Waals surface area (Å²) in [5.41, 5.74) is 0.753. The summed E-state index contributed by atoms with van der Waals surface area (Å²) >= 11 is 0. The van der Waals surface area contributed by atoms with Crippen molar-refractivity contribution in [2.75, 3.05) is 19.8 Å². The fourth-order valence-electron chi connectivity index (χ4n) is 1.43. The molecule has 0 aliphatic rings. The SMILES string of the molecule is CCCNCc1cncc(OCCOC(C)(C)C)n1. The predicted molar refractivity (Wildman–Crippen MR) is 75.2 cm³/mol. The Balaban J connectivity index is 2.31. The highest BCUT2D eigenvalue weighted by Gasteiger charge is 2.09. The molecule has 0 amide bonds. The van der Waals surface area contributed by atoms with Gasteiger partial charge in [-0.15, -0.1) is 0 Å². The van der Waals surface area contributed by atoms with Crippen molar-refractivity contribution in [3.05, 3.63) is 18.1 Å². The van der Waals surface area contributed by atoms with Crippen molar-refractivity contribution in [1.82, 2.24) is 15.3 Å². The van der Waals surface area contributed by atoms with Crippen LogP contribution in [0.25, 0.3) is 0 Å². The van der Waals surface area contributed by atoms with Crippen LogP contribution in [-0.2, 0) is 11.3 Å². The van der Waals surface area contributed by atoms with Crippen molar-refractivity contribution >= 4 is 0 Å². The van der Waals surface area contributed by atoms with E-state index in [0.29, 0.717) is 19.1 Å². The van der Waals surface area contributed by atoms with Gasteiger partial charge in [0, 0.05) is 12.7 Å². The third-order valence-electron chi connectivity index (χ3n) is 2.26. The molecule has 0 bridgehead atoms. The fourth-order valence-corrected chi connectivity index (χ4v) is 1.43. The zero-order chi connectivity index (χ0) is 14.1. The summed E-state index contributed by atoms with van der Waals surface area (Å²) in [4.78, 5) is 8.50. The highest BCUT2D eigenvalue weighted by Crippen LogP contribution is 2.08. The quantitative estimate of drug-likeness (QED) is 0.732. The van der Waals surface area contributed by atoms with E-state index >= 15 is 0 Å². The standard InChI is InChI=1S/C14H25N3O2/c1-5-6-15-9-12-10-16-11-13(17-12)18-7-8-19-14(2,3)4/h10-11,15H,5-9H2,1-4H3. The molecule has 0 fully saturated rings. The first-order valence-electron chi connectivity index (χ1n) is 6.79. The topological polar surface area (TPSA) is 56.3 Å². The summed E-state index contributed by atoms with van der Waals surface area (Å²) in [6, 6.07) is 0. The summed E-state index contributed by atoms with van der Waals surface area (Å²) in [6.45, 7) is 10.9. The van der Waals surface area contributed by atoms with Crippen molar-refractivity contribution in [1.29, 1.82) is 0 Å². The molecule has 19 heavy (non-hydrogen) atoms. The minimum Gasteiger partial charge on any atom is -0.474 e. The van der Waals surface area contributed by atoms with E-state index in [1.807, 2.05) is 20.8 Å². The Morgan fingerprint density at radius 1 is 1.21 bits per heavy atom. The molecular formula is C14H25N3O2. The Morgan fingerprint density at radius 3 is 2.68 bits per heavy atom. The molecule has 0 spiro atoms. The first-order valence-corrected chi connectivity index (χ1v) is 6.79. The first-order chi connectivity index (χ1) is 9.01. The second-order valence-electron chi connectivity index (χ2n) is 5.33. The molecule has 1 aromatic rings. The number of hydrogen-bond donors (Lipinski definition) is 1. The Kier molecular flexibility index (Phi) is 6.73. The summed E-state index contributed by atoms with van der Waals surface area (Å²) in [5.74, 6) is 0.549. The smallest absolute Gasteiger partial charge is 0.232 e. The van der Waals surface area contributed by atoms with Crippen LogP contribution in [0.1, 0.15) is 39.8 Å². The van der Waals surface area contributed by atoms with Gasteiger partial charge in [0.2, 0.25) is 5.88 Å². The Morgan fingerprint density at radius 2 is 2.00 bits per heavy atom. The average molecular weight is 267 g/mol. The van der Waals surface area contributed by atoms with Crippen LogP contribution in [0, 0.1) is 0 Å². The van der Waals surface area contributed by atoms with Gasteiger partial charge in [0.05, 0.1) is 24.1 Å². The Bertz CT molecular complexity index is 364. The van der Waals surface area contributed by atoms with E-state index < -0.39 is 0 Å². The molecule has 0 saturated heterocycles. The molecule has 1 rings (SSSR count). The summed E-state index contributed by atoms with van der Waals surface area (Å²) < 4.78 is 11.1. The van der Waals surface area contributed by atoms with E-state index in [1.165, 1.54) is 0 Å². The van der Waals surface area contributed by atoms with E-state index in [4.69, 9.17) is 9.47 Å². The maximum atomic E-state index is 5.58. The largest absolute Gasteiger partial charge is 0.474 e. The minimum absolute atomic E-state index is 0.138. The Hall–Kier alpha value is -1.20. The molecule has 108 valence electrons. The molecular weight excluding hydrogens is 242 g/mol. The molecule has 0 radical (unpaired) electrons. The van der Waals surface area contributed by atoms with E-state index in [-0.39, 0.29) is 5.60 Å². The number of hydrogen-bond acceptors (Lipinski definition) is 5. The maximum Gasteiger partial charge on any atom is 0.232 e. The van der Waals surface area contributed by atoms with E-state index in [2.05, 4.69) is 22.2 Å². The van der Waals surface area contributed by atoms with Gasteiger partial charge in [0.15, 0.2) is 0 Å². The molecule has 1 aromatic heterocycles. The Labute approximate surface area is 115 Å². The van der Waals surface area contributed by atoms with E-state index in [9.17, 15) is 0 Å². The normalized spacial score (nSPS) is 11.6. The number of aromatic nitrogens is 2. The molecule has 1 heterocycles. The molecule has 5 heteroatoms. The lowest BCUT2D eigenvalue weighted by Gasteiger charge is -2.19. The van der Waals surface area contributed by atoms with Crippen molar-refractivity contribution < 1.29 is 9.47 Å². The molecule has 0 saturated carbocycles. The molecule has 0 unspecified atom stereocenters. The van der Waals surface area contributed by atoms with Crippen LogP contribution in [0.2, 0.25) is 0 Å². The molecule has 0 aromatic carbocycles. The lowest BCUT2D eigenvalue weighted by Crippen LogP contribution is -2.22. The van der Waals surface area contributed by atoms with Crippen molar-refractivity contribution in [3.8, 4) is 5.88 Å². The summed E-state index contributed by atoms with van der Waals surface area (Å²) in [6.07, 6.45) is 4.48. The lowest BCUT2D eigenvalue weighted by molar-refractivity contribution is -0.0168. The van der Waals surface area contributed by atoms with Crippen LogP contribution in [0.4, 0.5) is 0 Å². The predicted octanol–water partition coefficient (Wildman–Crippen LogP) is 2.17. The molecule has 5 nitrogen and oxygen atoms in total. The van der Waals surface area contributed by atoms with Gasteiger partial charge in [-0.25, -0.2) is 4.98 Å². The van der Waals surface area contributed by atoms with Crippen LogP contribution in [0.3, 0.4) is 0 Å². The van der Waals surface area contributed by atoms with Crippen molar-refractivity contribution in [2.45, 2.75) is 46.3 Å². The molecule has 0 aliphatic heterocycles. The lowest BCUT2D eigenvalue weighted by atomic mass is 10.2. The summed E-state index contributed by atoms with van der Waals surface area (Å²) in [5, 5.41) is 3.28. The van der Waals surface area contributed by atoms with Gasteiger partial charge in [0.25, 0.3) is 0 Å². The highest BCUT2D eigenvalue weighted by molar-refractivity contribution is 5.08. The van der Waals surface area contributed by atoms with E-state index in [1.54, 1.807) is 12.4 Å². The van der Waals surface area contributed by atoms with Gasteiger partial charge in [-0.3, -0.25) is 4.98 Å². The van der Waals surface area contributed by atoms with Crippen molar-refractivity contribution in [3.63, 3.8) is 0 Å².